The van der Waals surface area contributed by atoms with Crippen LogP contribution >= 0.6 is 0 Å². The number of rotatable bonds is 4. The molecule has 1 aliphatic rings. The Morgan fingerprint density at radius 2 is 2.12 bits per heavy atom. The van der Waals surface area contributed by atoms with Crippen molar-refractivity contribution in [1.29, 1.82) is 0 Å². The van der Waals surface area contributed by atoms with Crippen molar-refractivity contribution < 1.29 is 13.2 Å². The summed E-state index contributed by atoms with van der Waals surface area (Å²) in [5.41, 5.74) is 1.00. The molecule has 1 unspecified atom stereocenters. The van der Waals surface area contributed by atoms with Gasteiger partial charge in [0.05, 0.1) is 12.8 Å². The molecular formula is C18H18FN3O2. The van der Waals surface area contributed by atoms with Gasteiger partial charge in [0.15, 0.2) is 5.76 Å². The van der Waals surface area contributed by atoms with E-state index in [0.717, 1.165) is 31.4 Å². The molecule has 6 heteroatoms. The molecule has 0 saturated carbocycles. The summed E-state index contributed by atoms with van der Waals surface area (Å²) in [6.45, 7) is 1.48. The van der Waals surface area contributed by atoms with Gasteiger partial charge in [-0.2, -0.15) is 0 Å². The molecule has 124 valence electrons. The zero-order chi connectivity index (χ0) is 16.4. The van der Waals surface area contributed by atoms with Crippen molar-refractivity contribution in [1.82, 2.24) is 15.1 Å². The van der Waals surface area contributed by atoms with Crippen LogP contribution in [0.1, 0.15) is 36.8 Å². The van der Waals surface area contributed by atoms with Crippen molar-refractivity contribution in [3.8, 4) is 11.7 Å². The van der Waals surface area contributed by atoms with Crippen LogP contribution in [0.15, 0.2) is 51.5 Å². The Kier molecular flexibility index (Phi) is 4.13. The van der Waals surface area contributed by atoms with Crippen molar-refractivity contribution >= 4 is 0 Å². The number of hydrogen-bond donors (Lipinski definition) is 0. The van der Waals surface area contributed by atoms with Crippen LogP contribution in [0.2, 0.25) is 0 Å². The zero-order valence-electron chi connectivity index (χ0n) is 13.2. The molecule has 0 radical (unpaired) electrons. The minimum absolute atomic E-state index is 0.174. The van der Waals surface area contributed by atoms with E-state index < -0.39 is 0 Å². The SMILES string of the molecule is Fc1cccc(C2CCCCN2Cc2nnc(-c3ccco3)o2)c1. The summed E-state index contributed by atoms with van der Waals surface area (Å²) >= 11 is 0. The number of furan rings is 1. The van der Waals surface area contributed by atoms with E-state index in [1.54, 1.807) is 30.5 Å². The molecule has 5 nitrogen and oxygen atoms in total. The summed E-state index contributed by atoms with van der Waals surface area (Å²) in [4.78, 5) is 2.28. The van der Waals surface area contributed by atoms with E-state index in [4.69, 9.17) is 8.83 Å². The van der Waals surface area contributed by atoms with Gasteiger partial charge in [-0.3, -0.25) is 4.90 Å². The lowest BCUT2D eigenvalue weighted by Gasteiger charge is -2.35. The lowest BCUT2D eigenvalue weighted by atomic mass is 9.95. The van der Waals surface area contributed by atoms with Crippen molar-refractivity contribution in [3.63, 3.8) is 0 Å². The van der Waals surface area contributed by atoms with Crippen molar-refractivity contribution in [2.75, 3.05) is 6.54 Å². The molecule has 0 amide bonds. The maximum Gasteiger partial charge on any atom is 0.283 e. The molecule has 2 aromatic heterocycles. The predicted octanol–water partition coefficient (Wildman–Crippen LogP) is 4.20. The van der Waals surface area contributed by atoms with Gasteiger partial charge >= 0.3 is 0 Å². The van der Waals surface area contributed by atoms with Crippen LogP contribution in [0, 0.1) is 5.82 Å². The second-order valence-electron chi connectivity index (χ2n) is 6.02. The molecular weight excluding hydrogens is 309 g/mol. The number of hydrogen-bond acceptors (Lipinski definition) is 5. The Bertz CT molecular complexity index is 800. The topological polar surface area (TPSA) is 55.3 Å². The van der Waals surface area contributed by atoms with Gasteiger partial charge in [0.2, 0.25) is 5.89 Å². The second kappa shape index (κ2) is 6.57. The fourth-order valence-electron chi connectivity index (χ4n) is 3.26. The standard InChI is InChI=1S/C18H18FN3O2/c19-14-6-3-5-13(11-14)15-7-1-2-9-22(15)12-17-20-21-18(24-17)16-8-4-10-23-16/h3-6,8,10-11,15H,1-2,7,9,12H2. The fraction of sp³-hybridized carbons (Fsp3) is 0.333. The van der Waals surface area contributed by atoms with Gasteiger partial charge in [-0.15, -0.1) is 10.2 Å². The lowest BCUT2D eigenvalue weighted by Crippen LogP contribution is -2.33. The van der Waals surface area contributed by atoms with Gasteiger partial charge in [0.1, 0.15) is 5.82 Å². The number of benzene rings is 1. The van der Waals surface area contributed by atoms with Crippen LogP contribution in [0.4, 0.5) is 4.39 Å². The first-order valence-corrected chi connectivity index (χ1v) is 8.15. The second-order valence-corrected chi connectivity index (χ2v) is 6.02. The number of likely N-dealkylation sites (tertiary alicyclic amines) is 1. The molecule has 0 bridgehead atoms. The van der Waals surface area contributed by atoms with E-state index in [1.807, 2.05) is 6.07 Å². The van der Waals surface area contributed by atoms with Crippen molar-refractivity contribution in [2.24, 2.45) is 0 Å². The van der Waals surface area contributed by atoms with Gasteiger partial charge in [0.25, 0.3) is 5.89 Å². The Labute approximate surface area is 139 Å². The summed E-state index contributed by atoms with van der Waals surface area (Å²) in [6.07, 6.45) is 4.83. The van der Waals surface area contributed by atoms with Crippen LogP contribution in [-0.4, -0.2) is 21.6 Å². The monoisotopic (exact) mass is 327 g/mol. The van der Waals surface area contributed by atoms with Gasteiger partial charge in [-0.05, 0) is 49.2 Å². The highest BCUT2D eigenvalue weighted by Crippen LogP contribution is 2.32. The average Bonchev–Trinajstić information content (AvgIpc) is 3.26. The molecule has 3 heterocycles. The largest absolute Gasteiger partial charge is 0.459 e. The molecule has 0 aliphatic carbocycles. The van der Waals surface area contributed by atoms with Gasteiger partial charge in [-0.1, -0.05) is 18.6 Å². The number of nitrogens with zero attached hydrogens (tertiary/aromatic N) is 3. The molecule has 24 heavy (non-hydrogen) atoms. The molecule has 1 fully saturated rings. The Morgan fingerprint density at radius 3 is 2.96 bits per heavy atom. The molecule has 1 saturated heterocycles. The third kappa shape index (κ3) is 3.10. The molecule has 1 aliphatic heterocycles. The normalized spacial score (nSPS) is 18.8. The summed E-state index contributed by atoms with van der Waals surface area (Å²) < 4.78 is 24.5. The maximum atomic E-state index is 13.6. The lowest BCUT2D eigenvalue weighted by molar-refractivity contribution is 0.127. The third-order valence-electron chi connectivity index (χ3n) is 4.38. The number of piperidine rings is 1. The Balaban J connectivity index is 1.53. The van der Waals surface area contributed by atoms with Gasteiger partial charge < -0.3 is 8.83 Å². The first-order valence-electron chi connectivity index (χ1n) is 8.15. The van der Waals surface area contributed by atoms with E-state index in [1.165, 1.54) is 6.07 Å². The minimum Gasteiger partial charge on any atom is -0.459 e. The van der Waals surface area contributed by atoms with E-state index in [0.29, 0.717) is 24.1 Å². The molecule has 0 spiro atoms. The van der Waals surface area contributed by atoms with E-state index in [9.17, 15) is 4.39 Å². The highest BCUT2D eigenvalue weighted by Gasteiger charge is 2.26. The van der Waals surface area contributed by atoms with E-state index >= 15 is 0 Å². The minimum atomic E-state index is -0.198. The van der Waals surface area contributed by atoms with Gasteiger partial charge in [0, 0.05) is 6.04 Å². The zero-order valence-corrected chi connectivity index (χ0v) is 13.2. The molecule has 3 aromatic rings. The summed E-state index contributed by atoms with van der Waals surface area (Å²) in [7, 11) is 0. The van der Waals surface area contributed by atoms with Gasteiger partial charge in [-0.25, -0.2) is 4.39 Å². The molecule has 1 atom stereocenters. The quantitative estimate of drug-likeness (QED) is 0.719. The smallest absolute Gasteiger partial charge is 0.283 e. The van der Waals surface area contributed by atoms with E-state index in [-0.39, 0.29) is 11.9 Å². The summed E-state index contributed by atoms with van der Waals surface area (Å²) in [5, 5.41) is 8.16. The number of halogens is 1. The molecule has 1 aromatic carbocycles. The number of aromatic nitrogens is 2. The first-order chi connectivity index (χ1) is 11.8. The molecule has 4 rings (SSSR count). The van der Waals surface area contributed by atoms with Crippen molar-refractivity contribution in [2.45, 2.75) is 31.8 Å². The highest BCUT2D eigenvalue weighted by atomic mass is 19.1. The summed E-state index contributed by atoms with van der Waals surface area (Å²) in [6, 6.07) is 10.6. The predicted molar refractivity (Wildman–Crippen MR) is 85.4 cm³/mol. The summed E-state index contributed by atoms with van der Waals surface area (Å²) in [5.74, 6) is 1.30. The van der Waals surface area contributed by atoms with Crippen LogP contribution in [0.25, 0.3) is 11.7 Å². The Morgan fingerprint density at radius 1 is 1.17 bits per heavy atom. The third-order valence-corrected chi connectivity index (χ3v) is 4.38. The first kappa shape index (κ1) is 15.1. The average molecular weight is 327 g/mol. The Hall–Kier alpha value is -2.47. The fourth-order valence-corrected chi connectivity index (χ4v) is 3.26. The van der Waals surface area contributed by atoms with Crippen LogP contribution in [-0.2, 0) is 6.54 Å². The van der Waals surface area contributed by atoms with Crippen LogP contribution in [0.5, 0.6) is 0 Å². The van der Waals surface area contributed by atoms with Crippen LogP contribution in [0.3, 0.4) is 0 Å². The van der Waals surface area contributed by atoms with Crippen molar-refractivity contribution in [3.05, 3.63) is 59.9 Å². The highest BCUT2D eigenvalue weighted by molar-refractivity contribution is 5.42. The van der Waals surface area contributed by atoms with E-state index in [2.05, 4.69) is 15.1 Å². The van der Waals surface area contributed by atoms with Crippen LogP contribution < -0.4 is 0 Å². The maximum absolute atomic E-state index is 13.6. The molecule has 0 N–H and O–H groups in total.